The molecule has 1 fully saturated rings. The maximum Gasteiger partial charge on any atom is 0.0714 e. The fourth-order valence-electron chi connectivity index (χ4n) is 1.65. The summed E-state index contributed by atoms with van der Waals surface area (Å²) in [6, 6.07) is 0.551. The normalized spacial score (nSPS) is 31.2. The SMILES string of the molecule is CCOC[C@@H]1CC(OC)CN1C. The van der Waals surface area contributed by atoms with Crippen molar-refractivity contribution in [1.82, 2.24) is 4.90 Å². The van der Waals surface area contributed by atoms with Gasteiger partial charge in [-0.25, -0.2) is 0 Å². The Morgan fingerprint density at radius 2 is 2.25 bits per heavy atom. The number of likely N-dealkylation sites (N-methyl/N-ethyl adjacent to an activating group) is 1. The lowest BCUT2D eigenvalue weighted by atomic mass is 10.2. The van der Waals surface area contributed by atoms with Crippen LogP contribution in [0.5, 0.6) is 0 Å². The highest BCUT2D eigenvalue weighted by Gasteiger charge is 2.28. The van der Waals surface area contributed by atoms with Crippen LogP contribution >= 0.6 is 0 Å². The Morgan fingerprint density at radius 3 is 2.75 bits per heavy atom. The van der Waals surface area contributed by atoms with E-state index in [0.29, 0.717) is 12.1 Å². The molecule has 12 heavy (non-hydrogen) atoms. The molecule has 0 aromatic carbocycles. The molecule has 0 bridgehead atoms. The van der Waals surface area contributed by atoms with E-state index in [-0.39, 0.29) is 0 Å². The molecule has 1 heterocycles. The highest BCUT2D eigenvalue weighted by Crippen LogP contribution is 2.17. The predicted molar refractivity (Wildman–Crippen MR) is 48.3 cm³/mol. The van der Waals surface area contributed by atoms with Crippen LogP contribution in [0.2, 0.25) is 0 Å². The molecule has 1 unspecified atom stereocenters. The molecule has 3 nitrogen and oxygen atoms in total. The Morgan fingerprint density at radius 1 is 1.50 bits per heavy atom. The Bertz CT molecular complexity index is 130. The first-order valence-corrected chi connectivity index (χ1v) is 4.58. The summed E-state index contributed by atoms with van der Waals surface area (Å²) < 4.78 is 10.7. The van der Waals surface area contributed by atoms with Crippen LogP contribution in [0, 0.1) is 0 Å². The van der Waals surface area contributed by atoms with Gasteiger partial charge in [0, 0.05) is 26.3 Å². The maximum absolute atomic E-state index is 5.38. The van der Waals surface area contributed by atoms with Crippen molar-refractivity contribution in [2.45, 2.75) is 25.5 Å². The number of methoxy groups -OCH3 is 1. The Balaban J connectivity index is 2.25. The molecule has 1 aliphatic rings. The highest BCUT2D eigenvalue weighted by molar-refractivity contribution is 4.83. The Kier molecular flexibility index (Phi) is 3.98. The quantitative estimate of drug-likeness (QED) is 0.626. The van der Waals surface area contributed by atoms with Crippen LogP contribution in [-0.4, -0.2) is 51.0 Å². The maximum atomic E-state index is 5.38. The minimum atomic E-state index is 0.403. The van der Waals surface area contributed by atoms with E-state index in [1.807, 2.05) is 6.92 Å². The average molecular weight is 173 g/mol. The lowest BCUT2D eigenvalue weighted by Crippen LogP contribution is -2.29. The van der Waals surface area contributed by atoms with Crippen LogP contribution in [-0.2, 0) is 9.47 Å². The van der Waals surface area contributed by atoms with E-state index in [2.05, 4.69) is 11.9 Å². The fraction of sp³-hybridized carbons (Fsp3) is 1.00. The number of hydrogen-bond donors (Lipinski definition) is 0. The van der Waals surface area contributed by atoms with Gasteiger partial charge in [0.25, 0.3) is 0 Å². The zero-order chi connectivity index (χ0) is 8.97. The summed E-state index contributed by atoms with van der Waals surface area (Å²) in [4.78, 5) is 2.31. The van der Waals surface area contributed by atoms with Crippen molar-refractivity contribution in [3.63, 3.8) is 0 Å². The lowest BCUT2D eigenvalue weighted by Gasteiger charge is -2.17. The molecular formula is C9H19NO2. The van der Waals surface area contributed by atoms with E-state index in [4.69, 9.17) is 9.47 Å². The smallest absolute Gasteiger partial charge is 0.0714 e. The summed E-state index contributed by atoms with van der Waals surface area (Å²) in [5.74, 6) is 0. The molecule has 1 saturated heterocycles. The van der Waals surface area contributed by atoms with Gasteiger partial charge in [-0.05, 0) is 20.4 Å². The zero-order valence-electron chi connectivity index (χ0n) is 8.25. The van der Waals surface area contributed by atoms with Crippen LogP contribution < -0.4 is 0 Å². The number of likely N-dealkylation sites (tertiary alicyclic amines) is 1. The van der Waals surface area contributed by atoms with Gasteiger partial charge in [-0.15, -0.1) is 0 Å². The van der Waals surface area contributed by atoms with Crippen LogP contribution in [0.1, 0.15) is 13.3 Å². The fourth-order valence-corrected chi connectivity index (χ4v) is 1.65. The van der Waals surface area contributed by atoms with Crippen molar-refractivity contribution in [2.24, 2.45) is 0 Å². The summed E-state index contributed by atoms with van der Waals surface area (Å²) >= 11 is 0. The number of nitrogens with zero attached hydrogens (tertiary/aromatic N) is 1. The zero-order valence-corrected chi connectivity index (χ0v) is 8.25. The van der Waals surface area contributed by atoms with Crippen LogP contribution in [0.15, 0.2) is 0 Å². The molecule has 0 aromatic rings. The Labute approximate surface area is 74.6 Å². The Hall–Kier alpha value is -0.120. The standard InChI is InChI=1S/C9H19NO2/c1-4-12-7-8-5-9(11-3)6-10(8)2/h8-9H,4-7H2,1-3H3/t8-,9?/m0/s1. The number of rotatable bonds is 4. The first kappa shape index (κ1) is 9.96. The highest BCUT2D eigenvalue weighted by atomic mass is 16.5. The average Bonchev–Trinajstić information content (AvgIpc) is 2.43. The van der Waals surface area contributed by atoms with E-state index >= 15 is 0 Å². The van der Waals surface area contributed by atoms with Gasteiger partial charge in [0.2, 0.25) is 0 Å². The molecule has 0 spiro atoms. The van der Waals surface area contributed by atoms with Gasteiger partial charge in [-0.3, -0.25) is 4.90 Å². The lowest BCUT2D eigenvalue weighted by molar-refractivity contribution is 0.0934. The van der Waals surface area contributed by atoms with Gasteiger partial charge < -0.3 is 9.47 Å². The molecule has 0 N–H and O–H groups in total. The topological polar surface area (TPSA) is 21.7 Å². The summed E-state index contributed by atoms with van der Waals surface area (Å²) in [5.41, 5.74) is 0. The molecule has 0 amide bonds. The van der Waals surface area contributed by atoms with Gasteiger partial charge in [0.05, 0.1) is 12.7 Å². The third-order valence-corrected chi connectivity index (χ3v) is 2.50. The molecule has 1 rings (SSSR count). The predicted octanol–water partition coefficient (Wildman–Crippen LogP) is 0.742. The van der Waals surface area contributed by atoms with Gasteiger partial charge in [0.1, 0.15) is 0 Å². The van der Waals surface area contributed by atoms with Crippen LogP contribution in [0.25, 0.3) is 0 Å². The largest absolute Gasteiger partial charge is 0.380 e. The van der Waals surface area contributed by atoms with Gasteiger partial charge >= 0.3 is 0 Å². The number of hydrogen-bond acceptors (Lipinski definition) is 3. The molecular weight excluding hydrogens is 154 g/mol. The molecule has 0 radical (unpaired) electrons. The van der Waals surface area contributed by atoms with Gasteiger partial charge in [-0.2, -0.15) is 0 Å². The van der Waals surface area contributed by atoms with E-state index in [9.17, 15) is 0 Å². The summed E-state index contributed by atoms with van der Waals surface area (Å²) in [5, 5.41) is 0. The van der Waals surface area contributed by atoms with E-state index in [1.165, 1.54) is 0 Å². The molecule has 3 heteroatoms. The van der Waals surface area contributed by atoms with Crippen molar-refractivity contribution < 1.29 is 9.47 Å². The second kappa shape index (κ2) is 4.80. The molecule has 1 aliphatic heterocycles. The molecule has 0 aromatic heterocycles. The molecule has 72 valence electrons. The minimum Gasteiger partial charge on any atom is -0.380 e. The minimum absolute atomic E-state index is 0.403. The summed E-state index contributed by atoms with van der Waals surface area (Å²) in [6.07, 6.45) is 1.51. The van der Waals surface area contributed by atoms with Gasteiger partial charge in [0.15, 0.2) is 0 Å². The van der Waals surface area contributed by atoms with Crippen molar-refractivity contribution >= 4 is 0 Å². The van der Waals surface area contributed by atoms with E-state index < -0.39 is 0 Å². The summed E-state index contributed by atoms with van der Waals surface area (Å²) in [7, 11) is 3.91. The van der Waals surface area contributed by atoms with E-state index in [1.54, 1.807) is 7.11 Å². The second-order valence-corrected chi connectivity index (χ2v) is 3.35. The van der Waals surface area contributed by atoms with E-state index in [0.717, 1.165) is 26.2 Å². The second-order valence-electron chi connectivity index (χ2n) is 3.35. The van der Waals surface area contributed by atoms with Crippen molar-refractivity contribution in [3.8, 4) is 0 Å². The monoisotopic (exact) mass is 173 g/mol. The molecule has 2 atom stereocenters. The third kappa shape index (κ3) is 2.44. The van der Waals surface area contributed by atoms with Crippen molar-refractivity contribution in [3.05, 3.63) is 0 Å². The number of ether oxygens (including phenoxy) is 2. The molecule has 0 saturated carbocycles. The molecule has 0 aliphatic carbocycles. The first-order chi connectivity index (χ1) is 5.77. The van der Waals surface area contributed by atoms with Crippen LogP contribution in [0.3, 0.4) is 0 Å². The van der Waals surface area contributed by atoms with Crippen molar-refractivity contribution in [2.75, 3.05) is 33.9 Å². The first-order valence-electron chi connectivity index (χ1n) is 4.58. The van der Waals surface area contributed by atoms with Crippen LogP contribution in [0.4, 0.5) is 0 Å². The summed E-state index contributed by atoms with van der Waals surface area (Å²) in [6.45, 7) is 4.71. The van der Waals surface area contributed by atoms with Gasteiger partial charge in [-0.1, -0.05) is 0 Å². The third-order valence-electron chi connectivity index (χ3n) is 2.50. The van der Waals surface area contributed by atoms with Crippen molar-refractivity contribution in [1.29, 1.82) is 0 Å².